The molecule has 1 aromatic rings. The molecule has 0 saturated carbocycles. The second kappa shape index (κ2) is 6.10. The predicted octanol–water partition coefficient (Wildman–Crippen LogP) is 3.39. The van der Waals surface area contributed by atoms with Crippen LogP contribution in [0.4, 0.5) is 26.3 Å². The summed E-state index contributed by atoms with van der Waals surface area (Å²) in [7, 11) is 0. The van der Waals surface area contributed by atoms with Gasteiger partial charge in [-0.1, -0.05) is 0 Å². The molecule has 1 saturated heterocycles. The van der Waals surface area contributed by atoms with Crippen LogP contribution in [0.5, 0.6) is 0 Å². The van der Waals surface area contributed by atoms with E-state index in [4.69, 9.17) is 0 Å². The van der Waals surface area contributed by atoms with Crippen LogP contribution in [-0.2, 0) is 21.9 Å². The fourth-order valence-corrected chi connectivity index (χ4v) is 2.66. The summed E-state index contributed by atoms with van der Waals surface area (Å²) in [5, 5.41) is 2.35. The molecule has 142 valence electrons. The molecule has 1 amide bonds. The van der Waals surface area contributed by atoms with E-state index in [1.807, 2.05) is 0 Å². The molecule has 1 aliphatic rings. The highest BCUT2D eigenvalue weighted by atomic mass is 19.4. The zero-order valence-electron chi connectivity index (χ0n) is 13.5. The minimum absolute atomic E-state index is 0.136. The lowest BCUT2D eigenvalue weighted by Gasteiger charge is -2.33. The van der Waals surface area contributed by atoms with Crippen LogP contribution in [0.1, 0.15) is 41.8 Å². The Bertz CT molecular complexity index is 727. The first-order valence-corrected chi connectivity index (χ1v) is 7.30. The Morgan fingerprint density at radius 2 is 1.46 bits per heavy atom. The zero-order valence-corrected chi connectivity index (χ0v) is 13.5. The van der Waals surface area contributed by atoms with Gasteiger partial charge in [-0.25, -0.2) is 0 Å². The van der Waals surface area contributed by atoms with E-state index in [1.165, 1.54) is 13.8 Å². The van der Waals surface area contributed by atoms with E-state index in [0.29, 0.717) is 0 Å². The first-order valence-electron chi connectivity index (χ1n) is 7.30. The first kappa shape index (κ1) is 19.9. The fraction of sp³-hybridized carbons (Fsp3) is 0.438. The van der Waals surface area contributed by atoms with Gasteiger partial charge in [-0.15, -0.1) is 0 Å². The summed E-state index contributed by atoms with van der Waals surface area (Å²) in [6.07, 6.45) is -10.6. The highest BCUT2D eigenvalue weighted by Gasteiger charge is 2.45. The van der Waals surface area contributed by atoms with Crippen molar-refractivity contribution in [2.45, 2.75) is 38.2 Å². The van der Waals surface area contributed by atoms with E-state index < -0.39 is 58.0 Å². The number of amides is 1. The molecular weight excluding hydrogens is 368 g/mol. The topological polar surface area (TPSA) is 63.2 Å². The second-order valence-corrected chi connectivity index (χ2v) is 6.61. The summed E-state index contributed by atoms with van der Waals surface area (Å²) in [6, 6.07) is 0.276. The second-order valence-electron chi connectivity index (χ2n) is 6.61. The predicted molar refractivity (Wildman–Crippen MR) is 76.1 cm³/mol. The maximum Gasteiger partial charge on any atom is 0.416 e. The normalized spacial score (nSPS) is 20.7. The van der Waals surface area contributed by atoms with Crippen molar-refractivity contribution in [1.29, 1.82) is 0 Å². The van der Waals surface area contributed by atoms with Crippen molar-refractivity contribution in [3.05, 3.63) is 34.9 Å². The van der Waals surface area contributed by atoms with Crippen LogP contribution in [0.25, 0.3) is 0 Å². The van der Waals surface area contributed by atoms with E-state index in [9.17, 15) is 40.7 Å². The van der Waals surface area contributed by atoms with Crippen molar-refractivity contribution in [3.63, 3.8) is 0 Å². The van der Waals surface area contributed by atoms with Crippen LogP contribution in [0, 0.1) is 5.92 Å². The number of benzene rings is 1. The molecule has 0 aliphatic carbocycles. The number of rotatable bonds is 2. The smallest absolute Gasteiger partial charge is 0.350 e. The number of hydrogen-bond acceptors (Lipinski definition) is 3. The molecule has 4 nitrogen and oxygen atoms in total. The summed E-state index contributed by atoms with van der Waals surface area (Å²) < 4.78 is 77.2. The van der Waals surface area contributed by atoms with Gasteiger partial charge in [-0.3, -0.25) is 14.4 Å². The Balaban J connectivity index is 2.52. The molecule has 0 bridgehead atoms. The highest BCUT2D eigenvalue weighted by Crippen LogP contribution is 2.37. The number of carbonyl (C=O) groups excluding carboxylic acids is 3. The molecule has 1 aromatic carbocycles. The number of Topliss-reactive ketones (excluding diaryl/α,β-unsaturated/α-hetero) is 2. The van der Waals surface area contributed by atoms with Gasteiger partial charge in [0.15, 0.2) is 17.5 Å². The van der Waals surface area contributed by atoms with Crippen LogP contribution in [-0.4, -0.2) is 23.0 Å². The first-order chi connectivity index (χ1) is 11.6. The Morgan fingerprint density at radius 1 is 1.00 bits per heavy atom. The minimum atomic E-state index is -5.14. The number of piperidine rings is 1. The van der Waals surface area contributed by atoms with Gasteiger partial charge in [-0.2, -0.15) is 26.3 Å². The van der Waals surface area contributed by atoms with Crippen molar-refractivity contribution in [3.8, 4) is 0 Å². The summed E-state index contributed by atoms with van der Waals surface area (Å²) in [4.78, 5) is 36.4. The van der Waals surface area contributed by atoms with Crippen LogP contribution in [0.3, 0.4) is 0 Å². The van der Waals surface area contributed by atoms with E-state index in [-0.39, 0.29) is 24.6 Å². The molecule has 26 heavy (non-hydrogen) atoms. The lowest BCUT2D eigenvalue weighted by Crippen LogP contribution is -2.56. The molecule has 1 atom stereocenters. The Morgan fingerprint density at radius 3 is 1.85 bits per heavy atom. The van der Waals surface area contributed by atoms with Gasteiger partial charge in [0.05, 0.1) is 11.1 Å². The van der Waals surface area contributed by atoms with E-state index >= 15 is 0 Å². The van der Waals surface area contributed by atoms with E-state index in [2.05, 4.69) is 5.32 Å². The summed E-state index contributed by atoms with van der Waals surface area (Å²) in [5.41, 5.74) is -5.35. The zero-order chi connectivity index (χ0) is 20.1. The number of ketones is 2. The molecule has 0 spiro atoms. The standard InChI is InChI=1S/C16H13F6NO3/c1-14(2)6-10(24)11(13(26)23-14)12(25)7-3-8(15(17,18)19)5-9(4-7)16(20,21)22/h3-5,11H,6H2,1-2H3,(H,23,26). The number of carbonyl (C=O) groups is 3. The molecule has 2 rings (SSSR count). The van der Waals surface area contributed by atoms with Gasteiger partial charge < -0.3 is 5.32 Å². The number of hydrogen-bond donors (Lipinski definition) is 1. The average Bonchev–Trinajstić information content (AvgIpc) is 2.42. The summed E-state index contributed by atoms with van der Waals surface area (Å²) in [5.74, 6) is -5.30. The molecule has 1 aliphatic heterocycles. The maximum absolute atomic E-state index is 12.9. The molecular formula is C16H13F6NO3. The number of halogens is 6. The molecule has 10 heteroatoms. The number of alkyl halides is 6. The highest BCUT2D eigenvalue weighted by molar-refractivity contribution is 6.25. The van der Waals surface area contributed by atoms with E-state index in [0.717, 1.165) is 0 Å². The monoisotopic (exact) mass is 381 g/mol. The molecule has 0 radical (unpaired) electrons. The molecule has 1 unspecified atom stereocenters. The quantitative estimate of drug-likeness (QED) is 0.485. The lowest BCUT2D eigenvalue weighted by atomic mass is 9.81. The largest absolute Gasteiger partial charge is 0.416 e. The number of nitrogens with one attached hydrogen (secondary N) is 1. The molecule has 1 N–H and O–H groups in total. The van der Waals surface area contributed by atoms with Crippen LogP contribution in [0.15, 0.2) is 18.2 Å². The fourth-order valence-electron chi connectivity index (χ4n) is 2.66. The van der Waals surface area contributed by atoms with Crippen LogP contribution < -0.4 is 5.32 Å². The molecule has 1 heterocycles. The van der Waals surface area contributed by atoms with Gasteiger partial charge in [0.25, 0.3) is 0 Å². The van der Waals surface area contributed by atoms with Crippen molar-refractivity contribution in [2.75, 3.05) is 0 Å². The maximum atomic E-state index is 12.9. The molecule has 1 fully saturated rings. The van der Waals surface area contributed by atoms with Crippen molar-refractivity contribution < 1.29 is 40.7 Å². The third-order valence-electron chi connectivity index (χ3n) is 3.80. The van der Waals surface area contributed by atoms with Crippen molar-refractivity contribution in [2.24, 2.45) is 5.92 Å². The Hall–Kier alpha value is -2.39. The van der Waals surface area contributed by atoms with Gasteiger partial charge in [0, 0.05) is 17.5 Å². The van der Waals surface area contributed by atoms with Crippen LogP contribution in [0.2, 0.25) is 0 Å². The summed E-state index contributed by atoms with van der Waals surface area (Å²) in [6.45, 7) is 2.99. The lowest BCUT2D eigenvalue weighted by molar-refractivity contribution is -0.143. The van der Waals surface area contributed by atoms with Gasteiger partial charge in [0.2, 0.25) is 5.91 Å². The Kier molecular flexibility index (Phi) is 4.67. The third-order valence-corrected chi connectivity index (χ3v) is 3.80. The minimum Gasteiger partial charge on any atom is -0.350 e. The van der Waals surface area contributed by atoms with Gasteiger partial charge in [0.1, 0.15) is 0 Å². The Labute approximate surface area is 143 Å². The van der Waals surface area contributed by atoms with E-state index in [1.54, 1.807) is 0 Å². The SMILES string of the molecule is CC1(C)CC(=O)C(C(=O)c2cc(C(F)(F)F)cc(C(F)(F)F)c2)C(=O)N1. The van der Waals surface area contributed by atoms with Gasteiger partial charge in [-0.05, 0) is 32.0 Å². The summed E-state index contributed by atoms with van der Waals surface area (Å²) >= 11 is 0. The van der Waals surface area contributed by atoms with Crippen LogP contribution >= 0.6 is 0 Å². The van der Waals surface area contributed by atoms with Crippen molar-refractivity contribution in [1.82, 2.24) is 5.32 Å². The third kappa shape index (κ3) is 4.05. The van der Waals surface area contributed by atoms with Gasteiger partial charge >= 0.3 is 12.4 Å². The van der Waals surface area contributed by atoms with Crippen molar-refractivity contribution >= 4 is 17.5 Å². The average molecular weight is 381 g/mol. The molecule has 0 aromatic heterocycles.